The third-order valence-corrected chi connectivity index (χ3v) is 2.53. The van der Waals surface area contributed by atoms with Crippen molar-refractivity contribution in [2.45, 2.75) is 19.2 Å². The van der Waals surface area contributed by atoms with Gasteiger partial charge in [-0.15, -0.1) is 0 Å². The van der Waals surface area contributed by atoms with Gasteiger partial charge in [-0.3, -0.25) is 4.79 Å². The van der Waals surface area contributed by atoms with Crippen molar-refractivity contribution in [2.24, 2.45) is 0 Å². The molecule has 0 bridgehead atoms. The van der Waals surface area contributed by atoms with Crippen LogP contribution in [0.15, 0.2) is 24.3 Å². The zero-order valence-electron chi connectivity index (χ0n) is 10.9. The largest absolute Gasteiger partial charge is 0.480 e. The highest BCUT2D eigenvalue weighted by molar-refractivity contribution is 5.80. The number of benzene rings is 1. The molecule has 108 valence electrons. The first kappa shape index (κ1) is 15.8. The molecule has 0 aliphatic carbocycles. The van der Waals surface area contributed by atoms with Crippen molar-refractivity contribution in [3.8, 4) is 11.8 Å². The molecule has 0 unspecified atom stereocenters. The van der Waals surface area contributed by atoms with E-state index < -0.39 is 29.5 Å². The number of nitriles is 1. The molecule has 0 aliphatic rings. The number of hydrogen-bond donors (Lipinski definition) is 0. The van der Waals surface area contributed by atoms with Gasteiger partial charge in [-0.1, -0.05) is 12.1 Å². The maximum absolute atomic E-state index is 12.8. The molecule has 1 rings (SSSR count). The predicted octanol–water partition coefficient (Wildman–Crippen LogP) is 2.45. The Kier molecular flexibility index (Phi) is 4.97. The molecule has 1 amide bonds. The van der Waals surface area contributed by atoms with E-state index in [0.717, 1.165) is 17.0 Å². The summed E-state index contributed by atoms with van der Waals surface area (Å²) in [4.78, 5) is 12.9. The second-order valence-electron chi connectivity index (χ2n) is 4.11. The molecule has 4 nitrogen and oxygen atoms in total. The lowest BCUT2D eigenvalue weighted by molar-refractivity contribution is -0.142. The number of carbonyl (C=O) groups is 1. The highest BCUT2D eigenvalue weighted by atomic mass is 19.4. The Balaban J connectivity index is 2.89. The summed E-state index contributed by atoms with van der Waals surface area (Å²) in [5, 5.41) is 8.47. The smallest absolute Gasteiger partial charge is 0.419 e. The van der Waals surface area contributed by atoms with Gasteiger partial charge in [-0.25, -0.2) is 0 Å². The fraction of sp³-hybridized carbons (Fsp3) is 0.385. The number of alkyl halides is 3. The molecule has 1 atom stereocenters. The molecule has 1 aromatic rings. The number of carbonyl (C=O) groups excluding carboxylic acids is 1. The van der Waals surface area contributed by atoms with Crippen molar-refractivity contribution in [3.63, 3.8) is 0 Å². The predicted molar refractivity (Wildman–Crippen MR) is 64.8 cm³/mol. The van der Waals surface area contributed by atoms with Crippen LogP contribution in [0.5, 0.6) is 5.75 Å². The summed E-state index contributed by atoms with van der Waals surface area (Å²) < 4.78 is 43.4. The van der Waals surface area contributed by atoms with Crippen molar-refractivity contribution in [1.29, 1.82) is 5.26 Å². The normalized spacial score (nSPS) is 12.4. The lowest BCUT2D eigenvalue weighted by Gasteiger charge is -2.21. The fourth-order valence-corrected chi connectivity index (χ4v) is 1.54. The van der Waals surface area contributed by atoms with Crippen LogP contribution in [0.2, 0.25) is 0 Å². The Morgan fingerprint density at radius 2 is 2.05 bits per heavy atom. The minimum Gasteiger partial charge on any atom is -0.480 e. The van der Waals surface area contributed by atoms with E-state index in [-0.39, 0.29) is 6.54 Å². The lowest BCUT2D eigenvalue weighted by Crippen LogP contribution is -2.38. The van der Waals surface area contributed by atoms with E-state index in [0.29, 0.717) is 0 Å². The summed E-state index contributed by atoms with van der Waals surface area (Å²) >= 11 is 0. The van der Waals surface area contributed by atoms with Gasteiger partial charge in [0.05, 0.1) is 11.6 Å². The third-order valence-electron chi connectivity index (χ3n) is 2.53. The number of hydrogen-bond acceptors (Lipinski definition) is 3. The van der Waals surface area contributed by atoms with Gasteiger partial charge in [0.15, 0.2) is 6.10 Å². The van der Waals surface area contributed by atoms with Crippen LogP contribution >= 0.6 is 0 Å². The summed E-state index contributed by atoms with van der Waals surface area (Å²) in [6.45, 7) is 1.18. The van der Waals surface area contributed by atoms with Crippen LogP contribution in [0.1, 0.15) is 12.5 Å². The summed E-state index contributed by atoms with van der Waals surface area (Å²) in [5.74, 6) is -0.977. The van der Waals surface area contributed by atoms with Gasteiger partial charge in [-0.2, -0.15) is 18.4 Å². The van der Waals surface area contributed by atoms with Gasteiger partial charge in [0.25, 0.3) is 5.91 Å². The first-order valence-corrected chi connectivity index (χ1v) is 5.72. The van der Waals surface area contributed by atoms with Crippen LogP contribution < -0.4 is 4.74 Å². The first-order chi connectivity index (χ1) is 9.27. The number of ether oxygens (including phenoxy) is 1. The monoisotopic (exact) mass is 286 g/mol. The van der Waals surface area contributed by atoms with Gasteiger partial charge in [-0.05, 0) is 19.1 Å². The van der Waals surface area contributed by atoms with Crippen molar-refractivity contribution >= 4 is 5.91 Å². The molecule has 0 radical (unpaired) electrons. The van der Waals surface area contributed by atoms with E-state index in [1.165, 1.54) is 26.1 Å². The molecule has 0 fully saturated rings. The second-order valence-corrected chi connectivity index (χ2v) is 4.11. The maximum atomic E-state index is 12.8. The van der Waals surface area contributed by atoms with Crippen LogP contribution in [-0.4, -0.2) is 30.5 Å². The Bertz CT molecular complexity index is 523. The average molecular weight is 286 g/mol. The number of halogens is 3. The van der Waals surface area contributed by atoms with Gasteiger partial charge in [0.1, 0.15) is 12.3 Å². The zero-order chi connectivity index (χ0) is 15.3. The van der Waals surface area contributed by atoms with Gasteiger partial charge >= 0.3 is 6.18 Å². The van der Waals surface area contributed by atoms with Gasteiger partial charge in [0, 0.05) is 7.05 Å². The molecule has 20 heavy (non-hydrogen) atoms. The molecule has 1 aromatic carbocycles. The van der Waals surface area contributed by atoms with Crippen molar-refractivity contribution in [1.82, 2.24) is 4.90 Å². The Labute approximate surface area is 114 Å². The summed E-state index contributed by atoms with van der Waals surface area (Å²) in [6.07, 6.45) is -5.67. The summed E-state index contributed by atoms with van der Waals surface area (Å²) in [5.41, 5.74) is -0.942. The Morgan fingerprint density at radius 1 is 1.45 bits per heavy atom. The van der Waals surface area contributed by atoms with E-state index in [1.54, 1.807) is 6.07 Å². The van der Waals surface area contributed by atoms with Crippen molar-refractivity contribution in [3.05, 3.63) is 29.8 Å². The van der Waals surface area contributed by atoms with Gasteiger partial charge < -0.3 is 9.64 Å². The molecule has 0 spiro atoms. The standard InChI is InChI=1S/C13H13F3N2O2/c1-9(12(19)18(2)8-7-17)20-11-6-4-3-5-10(11)13(14,15)16/h3-6,9H,8H2,1-2H3/t9-/m1/s1. The molecule has 0 aromatic heterocycles. The molecule has 7 heteroatoms. The maximum Gasteiger partial charge on any atom is 0.419 e. The number of rotatable bonds is 4. The summed E-state index contributed by atoms with van der Waals surface area (Å²) in [7, 11) is 1.38. The van der Waals surface area contributed by atoms with Crippen molar-refractivity contribution in [2.75, 3.05) is 13.6 Å². The highest BCUT2D eigenvalue weighted by Crippen LogP contribution is 2.36. The molecular formula is C13H13F3N2O2. The van der Waals surface area contributed by atoms with E-state index in [2.05, 4.69) is 0 Å². The van der Waals surface area contributed by atoms with Crippen LogP contribution in [0, 0.1) is 11.3 Å². The number of amides is 1. The molecule has 0 N–H and O–H groups in total. The quantitative estimate of drug-likeness (QED) is 0.799. The van der Waals surface area contributed by atoms with Crippen LogP contribution in [-0.2, 0) is 11.0 Å². The van der Waals surface area contributed by atoms with E-state index >= 15 is 0 Å². The Morgan fingerprint density at radius 3 is 2.60 bits per heavy atom. The molecule has 0 saturated carbocycles. The minimum absolute atomic E-state index is 0.159. The lowest BCUT2D eigenvalue weighted by atomic mass is 10.2. The van der Waals surface area contributed by atoms with Crippen LogP contribution in [0.3, 0.4) is 0 Å². The first-order valence-electron chi connectivity index (χ1n) is 5.72. The van der Waals surface area contributed by atoms with E-state index in [9.17, 15) is 18.0 Å². The molecule has 0 aliphatic heterocycles. The van der Waals surface area contributed by atoms with Crippen LogP contribution in [0.4, 0.5) is 13.2 Å². The van der Waals surface area contributed by atoms with Gasteiger partial charge in [0.2, 0.25) is 0 Å². The SMILES string of the molecule is C[C@@H](Oc1ccccc1C(F)(F)F)C(=O)N(C)CC#N. The van der Waals surface area contributed by atoms with Crippen LogP contribution in [0.25, 0.3) is 0 Å². The third kappa shape index (κ3) is 3.88. The zero-order valence-corrected chi connectivity index (χ0v) is 10.9. The average Bonchev–Trinajstić information content (AvgIpc) is 2.37. The fourth-order valence-electron chi connectivity index (χ4n) is 1.54. The number of nitrogens with zero attached hydrogens (tertiary/aromatic N) is 2. The second kappa shape index (κ2) is 6.28. The van der Waals surface area contributed by atoms with E-state index in [4.69, 9.17) is 10.00 Å². The minimum atomic E-state index is -4.56. The van der Waals surface area contributed by atoms with E-state index in [1.807, 2.05) is 0 Å². The molecule has 0 saturated heterocycles. The molecular weight excluding hydrogens is 273 g/mol. The Hall–Kier alpha value is -2.23. The topological polar surface area (TPSA) is 53.3 Å². The number of likely N-dealkylation sites (N-methyl/N-ethyl adjacent to an activating group) is 1. The highest BCUT2D eigenvalue weighted by Gasteiger charge is 2.35. The molecule has 0 heterocycles. The number of para-hydroxylation sites is 1. The summed E-state index contributed by atoms with van der Waals surface area (Å²) in [6, 6.07) is 6.43. The van der Waals surface area contributed by atoms with Crippen molar-refractivity contribution < 1.29 is 22.7 Å².